The van der Waals surface area contributed by atoms with Crippen molar-refractivity contribution in [3.63, 3.8) is 0 Å². The third-order valence-electron chi connectivity index (χ3n) is 3.04. The van der Waals surface area contributed by atoms with Crippen molar-refractivity contribution in [3.05, 3.63) is 35.4 Å². The highest BCUT2D eigenvalue weighted by Crippen LogP contribution is 2.11. The van der Waals surface area contributed by atoms with E-state index in [0.717, 1.165) is 24.0 Å². The van der Waals surface area contributed by atoms with Crippen LogP contribution < -0.4 is 0 Å². The number of hydrogen-bond donors (Lipinski definition) is 0. The summed E-state index contributed by atoms with van der Waals surface area (Å²) in [4.78, 5) is 13.9. The number of hydrogen-bond acceptors (Lipinski definition) is 3. The van der Waals surface area contributed by atoms with Crippen molar-refractivity contribution in [2.24, 2.45) is 0 Å². The van der Waals surface area contributed by atoms with E-state index in [1.54, 1.807) is 11.8 Å². The van der Waals surface area contributed by atoms with Crippen LogP contribution in [0.1, 0.15) is 23.7 Å². The van der Waals surface area contributed by atoms with Crippen molar-refractivity contribution >= 4 is 17.5 Å². The third kappa shape index (κ3) is 5.28. The molecule has 0 aromatic heterocycles. The van der Waals surface area contributed by atoms with Crippen LogP contribution in [0.3, 0.4) is 0 Å². The summed E-state index contributed by atoms with van der Waals surface area (Å²) in [6, 6.07) is 3.30. The minimum absolute atomic E-state index is 0.100. The summed E-state index contributed by atoms with van der Waals surface area (Å²) in [7, 11) is 1.94. The highest BCUT2D eigenvalue weighted by molar-refractivity contribution is 7.98. The van der Waals surface area contributed by atoms with Gasteiger partial charge < -0.3 is 4.90 Å². The number of halogens is 2. The number of Topliss-reactive ketones (excluding diaryl/α,β-unsaturated/α-hetero) is 1. The van der Waals surface area contributed by atoms with E-state index < -0.39 is 11.6 Å². The van der Waals surface area contributed by atoms with Gasteiger partial charge in [0, 0.05) is 36.4 Å². The molecule has 1 unspecified atom stereocenters. The summed E-state index contributed by atoms with van der Waals surface area (Å²) < 4.78 is 26.0. The first-order chi connectivity index (χ1) is 8.93. The zero-order chi connectivity index (χ0) is 14.4. The Bertz CT molecular complexity index is 419. The zero-order valence-electron chi connectivity index (χ0n) is 11.5. The highest BCUT2D eigenvalue weighted by atomic mass is 32.2. The SMILES string of the molecule is CSCC(C)N(C)CCC(=O)c1cc(F)cc(F)c1. The van der Waals surface area contributed by atoms with Crippen LogP contribution in [0, 0.1) is 11.6 Å². The Hall–Kier alpha value is -0.940. The van der Waals surface area contributed by atoms with Gasteiger partial charge in [0.15, 0.2) is 5.78 Å². The Morgan fingerprint density at radius 2 is 1.89 bits per heavy atom. The van der Waals surface area contributed by atoms with E-state index in [-0.39, 0.29) is 17.8 Å². The molecule has 0 radical (unpaired) electrons. The van der Waals surface area contributed by atoms with Crippen LogP contribution in [-0.2, 0) is 0 Å². The molecular formula is C14H19F2NOS. The van der Waals surface area contributed by atoms with Gasteiger partial charge in [-0.05, 0) is 32.4 Å². The van der Waals surface area contributed by atoms with Crippen molar-refractivity contribution in [1.29, 1.82) is 0 Å². The molecule has 1 atom stereocenters. The molecular weight excluding hydrogens is 268 g/mol. The largest absolute Gasteiger partial charge is 0.302 e. The predicted molar refractivity (Wildman–Crippen MR) is 75.8 cm³/mol. The first kappa shape index (κ1) is 16.1. The van der Waals surface area contributed by atoms with Gasteiger partial charge in [-0.1, -0.05) is 0 Å². The average molecular weight is 287 g/mol. The molecule has 5 heteroatoms. The molecule has 0 fully saturated rings. The molecule has 0 aliphatic heterocycles. The molecule has 1 rings (SSSR count). The van der Waals surface area contributed by atoms with E-state index in [1.807, 2.05) is 13.3 Å². The van der Waals surface area contributed by atoms with Gasteiger partial charge in [0.1, 0.15) is 11.6 Å². The lowest BCUT2D eigenvalue weighted by atomic mass is 10.1. The summed E-state index contributed by atoms with van der Waals surface area (Å²) in [6.07, 6.45) is 2.29. The number of ketones is 1. The van der Waals surface area contributed by atoms with Crippen LogP contribution in [-0.4, -0.2) is 42.3 Å². The summed E-state index contributed by atoms with van der Waals surface area (Å²) in [6.45, 7) is 2.67. The molecule has 0 N–H and O–H groups in total. The normalized spacial score (nSPS) is 12.7. The van der Waals surface area contributed by atoms with Crippen molar-refractivity contribution < 1.29 is 13.6 Å². The van der Waals surface area contributed by atoms with Gasteiger partial charge in [-0.3, -0.25) is 4.79 Å². The summed E-state index contributed by atoms with van der Waals surface area (Å²) in [5.41, 5.74) is 0.100. The van der Waals surface area contributed by atoms with Crippen LogP contribution in [0.4, 0.5) is 8.78 Å². The molecule has 0 heterocycles. The molecule has 1 aromatic carbocycles. The van der Waals surface area contributed by atoms with Crippen molar-refractivity contribution in [2.45, 2.75) is 19.4 Å². The van der Waals surface area contributed by atoms with Gasteiger partial charge in [-0.2, -0.15) is 11.8 Å². The first-order valence-corrected chi connectivity index (χ1v) is 7.52. The Morgan fingerprint density at radius 1 is 1.32 bits per heavy atom. The fraction of sp³-hybridized carbons (Fsp3) is 0.500. The van der Waals surface area contributed by atoms with Crippen LogP contribution in [0.5, 0.6) is 0 Å². The second-order valence-electron chi connectivity index (χ2n) is 4.62. The van der Waals surface area contributed by atoms with Gasteiger partial charge in [0.25, 0.3) is 0 Å². The Balaban J connectivity index is 2.55. The Kier molecular flexibility index (Phi) is 6.45. The summed E-state index contributed by atoms with van der Waals surface area (Å²) in [5.74, 6) is -0.680. The monoisotopic (exact) mass is 287 g/mol. The molecule has 0 saturated heterocycles. The third-order valence-corrected chi connectivity index (χ3v) is 3.85. The first-order valence-electron chi connectivity index (χ1n) is 6.12. The molecule has 0 bridgehead atoms. The molecule has 1 aromatic rings. The maximum absolute atomic E-state index is 13.0. The number of carbonyl (C=O) groups excluding carboxylic acids is 1. The van der Waals surface area contributed by atoms with E-state index in [2.05, 4.69) is 11.8 Å². The number of thioether (sulfide) groups is 1. The van der Waals surface area contributed by atoms with Crippen LogP contribution in [0.25, 0.3) is 0 Å². The number of rotatable bonds is 7. The van der Waals surface area contributed by atoms with E-state index in [1.165, 1.54) is 0 Å². The minimum atomic E-state index is -0.715. The quantitative estimate of drug-likeness (QED) is 0.718. The maximum Gasteiger partial charge on any atom is 0.164 e. The van der Waals surface area contributed by atoms with Gasteiger partial charge >= 0.3 is 0 Å². The standard InChI is InChI=1S/C14H19F2NOS/c1-10(9-19-3)17(2)5-4-14(18)11-6-12(15)8-13(16)7-11/h6-8,10H,4-5,9H2,1-3H3. The average Bonchev–Trinajstić information content (AvgIpc) is 2.34. The lowest BCUT2D eigenvalue weighted by Crippen LogP contribution is -2.32. The molecule has 0 amide bonds. The van der Waals surface area contributed by atoms with Crippen molar-refractivity contribution in [2.75, 3.05) is 25.6 Å². The molecule has 2 nitrogen and oxygen atoms in total. The number of nitrogens with zero attached hydrogens (tertiary/aromatic N) is 1. The topological polar surface area (TPSA) is 20.3 Å². The second-order valence-corrected chi connectivity index (χ2v) is 5.53. The Morgan fingerprint density at radius 3 is 2.42 bits per heavy atom. The minimum Gasteiger partial charge on any atom is -0.302 e. The van der Waals surface area contributed by atoms with E-state index in [4.69, 9.17) is 0 Å². The molecule has 0 spiro atoms. The van der Waals surface area contributed by atoms with Gasteiger partial charge in [-0.25, -0.2) is 8.78 Å². The van der Waals surface area contributed by atoms with Crippen molar-refractivity contribution in [3.8, 4) is 0 Å². The smallest absolute Gasteiger partial charge is 0.164 e. The Labute approximate surface area is 117 Å². The molecule has 106 valence electrons. The van der Waals surface area contributed by atoms with Crippen LogP contribution >= 0.6 is 11.8 Å². The van der Waals surface area contributed by atoms with E-state index in [9.17, 15) is 13.6 Å². The van der Waals surface area contributed by atoms with Gasteiger partial charge in [0.05, 0.1) is 0 Å². The fourth-order valence-corrected chi connectivity index (χ4v) is 2.46. The summed E-state index contributed by atoms with van der Waals surface area (Å²) in [5, 5.41) is 0. The molecule has 0 aliphatic carbocycles. The predicted octanol–water partition coefficient (Wildman–Crippen LogP) is 3.22. The lowest BCUT2D eigenvalue weighted by molar-refractivity contribution is 0.0963. The maximum atomic E-state index is 13.0. The molecule has 19 heavy (non-hydrogen) atoms. The fourth-order valence-electron chi connectivity index (χ4n) is 1.73. The number of carbonyl (C=O) groups is 1. The van der Waals surface area contributed by atoms with E-state index in [0.29, 0.717) is 12.6 Å². The molecule has 0 saturated carbocycles. The van der Waals surface area contributed by atoms with Crippen LogP contribution in [0.2, 0.25) is 0 Å². The number of benzene rings is 1. The zero-order valence-corrected chi connectivity index (χ0v) is 12.3. The van der Waals surface area contributed by atoms with Gasteiger partial charge in [-0.15, -0.1) is 0 Å². The highest BCUT2D eigenvalue weighted by Gasteiger charge is 2.13. The molecule has 0 aliphatic rings. The second kappa shape index (κ2) is 7.60. The van der Waals surface area contributed by atoms with Gasteiger partial charge in [0.2, 0.25) is 0 Å². The summed E-state index contributed by atoms with van der Waals surface area (Å²) >= 11 is 1.75. The lowest BCUT2D eigenvalue weighted by Gasteiger charge is -2.23. The van der Waals surface area contributed by atoms with Crippen molar-refractivity contribution in [1.82, 2.24) is 4.90 Å². The van der Waals surface area contributed by atoms with E-state index >= 15 is 0 Å². The van der Waals surface area contributed by atoms with Crippen LogP contribution in [0.15, 0.2) is 18.2 Å².